The molecule has 1 aromatic heterocycles. The minimum Gasteiger partial charge on any atom is -1.00 e. The van der Waals surface area contributed by atoms with Crippen molar-refractivity contribution in [2.45, 2.75) is 9.79 Å². The molecule has 1 heterocycles. The van der Waals surface area contributed by atoms with Crippen molar-refractivity contribution in [3.8, 4) is 5.69 Å². The minimum absolute atomic E-state index is 0. The Morgan fingerprint density at radius 1 is 0.906 bits per heavy atom. The van der Waals surface area contributed by atoms with E-state index in [0.29, 0.717) is 0 Å². The van der Waals surface area contributed by atoms with E-state index in [1.54, 1.807) is 0 Å². The predicted octanol–water partition coefficient (Wildman–Crippen LogP) is -6.90. The largest absolute Gasteiger partial charge is 1.00 e. The second-order valence-electron chi connectivity index (χ2n) is 5.44. The van der Waals surface area contributed by atoms with Crippen molar-refractivity contribution in [3.63, 3.8) is 0 Å². The average Bonchev–Trinajstić information content (AvgIpc) is 3.03. The number of hydrogen-bond donors (Lipinski definition) is 2. The van der Waals surface area contributed by atoms with Gasteiger partial charge in [0.1, 0.15) is 0 Å². The van der Waals surface area contributed by atoms with Crippen LogP contribution in [0, 0.1) is 0 Å². The molecular weight excluding hydrogens is 493 g/mol. The van der Waals surface area contributed by atoms with Crippen LogP contribution in [0.1, 0.15) is 14.8 Å². The first-order valence-electron chi connectivity index (χ1n) is 7.67. The molecule has 16 heteroatoms. The van der Waals surface area contributed by atoms with Crippen LogP contribution in [0.2, 0.25) is 0 Å². The first-order valence-corrected chi connectivity index (χ1v) is 9.82. The van der Waals surface area contributed by atoms with E-state index in [4.69, 9.17) is 0 Å². The van der Waals surface area contributed by atoms with Crippen LogP contribution < -0.4 is 94.2 Å². The normalized spacial score (nSPS) is 12.2. The number of benzene rings is 2. The summed E-state index contributed by atoms with van der Waals surface area (Å²) in [6.45, 7) is 0. The molecule has 0 aliphatic rings. The van der Waals surface area contributed by atoms with Gasteiger partial charge in [-0.1, -0.05) is 0 Å². The molecule has 0 spiro atoms. The van der Waals surface area contributed by atoms with Gasteiger partial charge in [-0.05, 0) is 70.7 Å². The minimum atomic E-state index is -2.45. The molecule has 0 saturated heterocycles. The molecule has 0 radical (unpaired) electrons. The summed E-state index contributed by atoms with van der Waals surface area (Å²) in [4.78, 5) is 24.1. The van der Waals surface area contributed by atoms with Crippen LogP contribution in [-0.2, 0) is 22.2 Å². The molecule has 32 heavy (non-hydrogen) atoms. The Hall–Kier alpha value is -0.260. The summed E-state index contributed by atoms with van der Waals surface area (Å²) in [6.07, 6.45) is 0. The third kappa shape index (κ3) is 7.63. The Morgan fingerprint density at radius 2 is 1.38 bits per heavy atom. The first-order chi connectivity index (χ1) is 13.8. The fraction of sp³-hybridized carbons (Fsp3) is 0. The smallest absolute Gasteiger partial charge is 1.00 e. The second-order valence-corrected chi connectivity index (χ2v) is 7.32. The van der Waals surface area contributed by atoms with Gasteiger partial charge < -0.3 is 18.5 Å². The van der Waals surface area contributed by atoms with Gasteiger partial charge in [-0.3, -0.25) is 18.3 Å². The summed E-state index contributed by atoms with van der Waals surface area (Å²) in [7, 11) is 0. The number of carboxylic acids is 1. The number of aromatic carboxylic acids is 1. The summed E-state index contributed by atoms with van der Waals surface area (Å²) in [5, 5.41) is 19.2. The van der Waals surface area contributed by atoms with Gasteiger partial charge in [0.25, 0.3) is 5.56 Å². The van der Waals surface area contributed by atoms with Gasteiger partial charge in [-0.2, -0.15) is 5.11 Å². The van der Waals surface area contributed by atoms with Crippen molar-refractivity contribution in [3.05, 3.63) is 64.6 Å². The molecule has 0 saturated carbocycles. The Balaban J connectivity index is -0.000000801. The summed E-state index contributed by atoms with van der Waals surface area (Å²) >= 11 is -4.86. The van der Waals surface area contributed by atoms with E-state index in [1.165, 1.54) is 48.5 Å². The molecule has 0 aliphatic heterocycles. The number of nitrogens with one attached hydrogen (secondary N) is 1. The predicted molar refractivity (Wildman–Crippen MR) is 102 cm³/mol. The van der Waals surface area contributed by atoms with Crippen LogP contribution >= 0.6 is 0 Å². The summed E-state index contributed by atoms with van der Waals surface area (Å²) < 4.78 is 44.4. The van der Waals surface area contributed by atoms with E-state index < -0.39 is 45.1 Å². The Bertz CT molecular complexity index is 1230. The van der Waals surface area contributed by atoms with Gasteiger partial charge in [0.05, 0.1) is 11.4 Å². The van der Waals surface area contributed by atoms with E-state index in [-0.39, 0.29) is 114 Å². The summed E-state index contributed by atoms with van der Waals surface area (Å²) in [6, 6.07) is 10.3. The fourth-order valence-corrected chi connectivity index (χ4v) is 3.01. The van der Waals surface area contributed by atoms with Crippen LogP contribution in [0.4, 0.5) is 11.4 Å². The molecule has 0 bridgehead atoms. The average molecular weight is 506 g/mol. The van der Waals surface area contributed by atoms with Crippen LogP contribution in [-0.4, -0.2) is 38.4 Å². The Labute approximate surface area is 257 Å². The van der Waals surface area contributed by atoms with Crippen LogP contribution in [0.5, 0.6) is 0 Å². The number of carboxylic acid groups (broad SMARTS) is 1. The zero-order chi connectivity index (χ0) is 21.1. The SMILES string of the molecule is O=C(O)c1[nH]n(-c2ccc(S(=O)[O-])cc2)c(=O)c1N=Nc1ccc(S(=O)[O-])cc1.[H-].[H-].[H-].[Na+].[Na+].[Na+]. The molecule has 3 rings (SSSR count). The zero-order valence-electron chi connectivity index (χ0n) is 20.2. The molecule has 0 amide bonds. The van der Waals surface area contributed by atoms with Crippen molar-refractivity contribution >= 4 is 39.5 Å². The van der Waals surface area contributed by atoms with Gasteiger partial charge in [0.2, 0.25) is 0 Å². The number of hydrogen-bond acceptors (Lipinski definition) is 8. The maximum Gasteiger partial charge on any atom is 1.00 e. The maximum atomic E-state index is 12.6. The third-order valence-corrected chi connectivity index (χ3v) is 4.98. The fourth-order valence-electron chi connectivity index (χ4n) is 2.29. The van der Waals surface area contributed by atoms with E-state index in [0.717, 1.165) is 4.68 Å². The van der Waals surface area contributed by atoms with Gasteiger partial charge >= 0.3 is 94.6 Å². The summed E-state index contributed by atoms with van der Waals surface area (Å²) in [5.74, 6) is -1.45. The number of azo groups is 1. The summed E-state index contributed by atoms with van der Waals surface area (Å²) in [5.41, 5.74) is -1.43. The van der Waals surface area contributed by atoms with Crippen molar-refractivity contribution in [1.82, 2.24) is 9.78 Å². The number of rotatable bonds is 6. The molecule has 11 nitrogen and oxygen atoms in total. The molecule has 2 atom stereocenters. The van der Waals surface area contributed by atoms with Crippen molar-refractivity contribution < 1.29 is 120 Å². The van der Waals surface area contributed by atoms with Crippen molar-refractivity contribution in [2.24, 2.45) is 10.2 Å². The van der Waals surface area contributed by atoms with Gasteiger partial charge in [-0.15, -0.1) is 5.11 Å². The van der Waals surface area contributed by atoms with Gasteiger partial charge in [0.15, 0.2) is 11.4 Å². The maximum absolute atomic E-state index is 12.6. The van der Waals surface area contributed by atoms with E-state index in [1.807, 2.05) is 0 Å². The number of nitrogens with zero attached hydrogens (tertiary/aromatic N) is 3. The molecule has 0 fully saturated rings. The molecule has 2 unspecified atom stereocenters. The monoisotopic (exact) mass is 506 g/mol. The second kappa shape index (κ2) is 14.2. The van der Waals surface area contributed by atoms with E-state index in [9.17, 15) is 32.2 Å². The molecule has 2 aromatic carbocycles. The molecule has 156 valence electrons. The van der Waals surface area contributed by atoms with Crippen LogP contribution in [0.15, 0.2) is 73.3 Å². The zero-order valence-corrected chi connectivity index (χ0v) is 24.8. The van der Waals surface area contributed by atoms with Crippen LogP contribution in [0.25, 0.3) is 5.69 Å². The van der Waals surface area contributed by atoms with Crippen molar-refractivity contribution in [2.75, 3.05) is 0 Å². The number of aromatic amines is 1. The van der Waals surface area contributed by atoms with Gasteiger partial charge in [0, 0.05) is 9.79 Å². The molecule has 3 aromatic rings. The van der Waals surface area contributed by atoms with Crippen LogP contribution in [0.3, 0.4) is 0 Å². The molecular formula is C16H13N4Na3O7S2-2. The first kappa shape index (κ1) is 31.7. The number of H-pyrrole nitrogens is 1. The number of aromatic nitrogens is 2. The van der Waals surface area contributed by atoms with E-state index in [2.05, 4.69) is 15.3 Å². The standard InChI is InChI=1S/C16H12N4O7S2.3Na.3H/c21-15-13(18-17-9-1-5-11(6-2-9)28(24)25)14(16(22)23)19-20(15)10-3-7-12(8-4-10)29(26)27;;;;;;/h1-8,19H,(H,22,23)(H,24,25)(H,26,27);;;;;;/q;3*+1;3*-1/p-2. The third-order valence-electron chi connectivity index (χ3n) is 3.66. The Kier molecular flexibility index (Phi) is 14.1. The quantitative estimate of drug-likeness (QED) is 0.189. The molecule has 2 N–H and O–H groups in total. The topological polar surface area (TPSA) is 180 Å². The Morgan fingerprint density at radius 3 is 1.81 bits per heavy atom. The molecule has 0 aliphatic carbocycles. The number of carbonyl (C=O) groups is 1. The van der Waals surface area contributed by atoms with Gasteiger partial charge in [-0.25, -0.2) is 9.48 Å². The van der Waals surface area contributed by atoms with E-state index >= 15 is 0 Å². The van der Waals surface area contributed by atoms with Crippen molar-refractivity contribution in [1.29, 1.82) is 0 Å².